The number of hydrogen-bond acceptors (Lipinski definition) is 6. The highest BCUT2D eigenvalue weighted by Crippen LogP contribution is 2.36. The van der Waals surface area contributed by atoms with E-state index in [0.29, 0.717) is 19.1 Å². The molecule has 0 saturated carbocycles. The molecule has 0 amide bonds. The molecule has 1 aromatic carbocycles. The maximum Gasteiger partial charge on any atom is 0.169 e. The molecule has 148 valence electrons. The molecule has 2 heterocycles. The van der Waals surface area contributed by atoms with Crippen molar-refractivity contribution in [3.8, 4) is 0 Å². The summed E-state index contributed by atoms with van der Waals surface area (Å²) in [5.74, 6) is 2.19. The summed E-state index contributed by atoms with van der Waals surface area (Å²) in [4.78, 5) is 7.22. The minimum absolute atomic E-state index is 0.152. The fourth-order valence-corrected chi connectivity index (χ4v) is 5.35. The number of rotatable bonds is 4. The average molecular weight is 425 g/mol. The molecule has 0 bridgehead atoms. The number of ether oxygens (including phenoxy) is 2. The first-order valence-electron chi connectivity index (χ1n) is 9.34. The number of hydrogen-bond donors (Lipinski definition) is 0. The Kier molecular flexibility index (Phi) is 7.25. The van der Waals surface area contributed by atoms with E-state index in [-0.39, 0.29) is 11.7 Å². The molecule has 2 aliphatic heterocycles. The van der Waals surface area contributed by atoms with Gasteiger partial charge in [0, 0.05) is 12.3 Å². The van der Waals surface area contributed by atoms with Gasteiger partial charge in [0.1, 0.15) is 4.32 Å². The maximum absolute atomic E-state index is 5.77. The van der Waals surface area contributed by atoms with Crippen LogP contribution in [0.25, 0.3) is 0 Å². The topological polar surface area (TPSA) is 34.1 Å². The molecule has 7 heteroatoms. The number of thioether (sulfide) groups is 2. The van der Waals surface area contributed by atoms with Crippen molar-refractivity contribution in [2.75, 3.05) is 31.3 Å². The number of para-hydroxylation sites is 1. The Morgan fingerprint density at radius 2 is 2.04 bits per heavy atom. The van der Waals surface area contributed by atoms with Gasteiger partial charge in [0.05, 0.1) is 24.7 Å². The normalized spacial score (nSPS) is 22.0. The molecule has 1 aromatic rings. The van der Waals surface area contributed by atoms with Gasteiger partial charge in [-0.1, -0.05) is 81.6 Å². The third-order valence-electron chi connectivity index (χ3n) is 4.44. The molecule has 3 rings (SSSR count). The summed E-state index contributed by atoms with van der Waals surface area (Å²) in [6, 6.07) is 8.38. The van der Waals surface area contributed by atoms with E-state index in [1.807, 2.05) is 0 Å². The van der Waals surface area contributed by atoms with Crippen LogP contribution in [-0.4, -0.2) is 51.9 Å². The highest BCUT2D eigenvalue weighted by atomic mass is 32.2. The predicted molar refractivity (Wildman–Crippen MR) is 121 cm³/mol. The van der Waals surface area contributed by atoms with E-state index < -0.39 is 0 Å². The van der Waals surface area contributed by atoms with Crippen LogP contribution >= 0.6 is 35.7 Å². The number of nitrogens with zero attached hydrogens (tertiary/aromatic N) is 2. The van der Waals surface area contributed by atoms with Gasteiger partial charge in [0.2, 0.25) is 0 Å². The second-order valence-corrected chi connectivity index (χ2v) is 10.5. The van der Waals surface area contributed by atoms with Crippen LogP contribution in [-0.2, 0) is 9.47 Å². The summed E-state index contributed by atoms with van der Waals surface area (Å²) in [6.45, 7) is 11.2. The molecule has 0 radical (unpaired) electrons. The molecule has 27 heavy (non-hydrogen) atoms. The Labute approximate surface area is 176 Å². The lowest BCUT2D eigenvalue weighted by Crippen LogP contribution is -2.45. The van der Waals surface area contributed by atoms with E-state index in [9.17, 15) is 0 Å². The van der Waals surface area contributed by atoms with Crippen molar-refractivity contribution in [3.05, 3.63) is 29.8 Å². The van der Waals surface area contributed by atoms with Crippen molar-refractivity contribution < 1.29 is 9.47 Å². The lowest BCUT2D eigenvalue weighted by atomic mass is 9.96. The molecule has 0 aliphatic carbocycles. The quantitative estimate of drug-likeness (QED) is 0.613. The summed E-state index contributed by atoms with van der Waals surface area (Å²) in [5.41, 5.74) is 2.49. The third kappa shape index (κ3) is 5.70. The highest BCUT2D eigenvalue weighted by molar-refractivity contribution is 8.23. The number of thiocarbonyl (C=S) groups is 1. The van der Waals surface area contributed by atoms with Crippen molar-refractivity contribution in [2.45, 2.75) is 39.9 Å². The van der Waals surface area contributed by atoms with Gasteiger partial charge in [-0.2, -0.15) is 0 Å². The van der Waals surface area contributed by atoms with Crippen LogP contribution in [0.2, 0.25) is 0 Å². The van der Waals surface area contributed by atoms with Gasteiger partial charge in [-0.05, 0) is 23.0 Å². The van der Waals surface area contributed by atoms with Crippen LogP contribution in [0.15, 0.2) is 29.3 Å². The van der Waals surface area contributed by atoms with Crippen LogP contribution in [0.5, 0.6) is 0 Å². The fraction of sp³-hybridized carbons (Fsp3) is 0.600. The lowest BCUT2D eigenvalue weighted by molar-refractivity contribution is -0.0213. The zero-order chi connectivity index (χ0) is 19.4. The van der Waals surface area contributed by atoms with Gasteiger partial charge in [-0.15, -0.1) is 0 Å². The number of benzene rings is 1. The Morgan fingerprint density at radius 3 is 2.74 bits per heavy atom. The summed E-state index contributed by atoms with van der Waals surface area (Å²) in [7, 11) is 0. The fourth-order valence-electron chi connectivity index (χ4n) is 3.02. The summed E-state index contributed by atoms with van der Waals surface area (Å²) in [5, 5.41) is 0.994. The molecule has 2 aliphatic rings. The van der Waals surface area contributed by atoms with Crippen molar-refractivity contribution >= 4 is 50.9 Å². The Hall–Kier alpha value is -0.600. The molecule has 0 aromatic heterocycles. The predicted octanol–water partition coefficient (Wildman–Crippen LogP) is 5.26. The Morgan fingerprint density at radius 1 is 1.33 bits per heavy atom. The molecular formula is C20H28N2O2S3. The second-order valence-electron chi connectivity index (χ2n) is 7.89. The molecular weight excluding hydrogens is 396 g/mol. The molecule has 0 N–H and O–H groups in total. The van der Waals surface area contributed by atoms with Crippen molar-refractivity contribution in [3.63, 3.8) is 0 Å². The summed E-state index contributed by atoms with van der Waals surface area (Å²) >= 11 is 9.18. The van der Waals surface area contributed by atoms with E-state index in [2.05, 4.69) is 56.9 Å². The lowest BCUT2D eigenvalue weighted by Gasteiger charge is -2.39. The first-order chi connectivity index (χ1) is 12.9. The Balaban J connectivity index is 1.80. The number of amidine groups is 1. The minimum atomic E-state index is -0.152. The van der Waals surface area contributed by atoms with Crippen molar-refractivity contribution in [1.29, 1.82) is 0 Å². The standard InChI is InChI=1S/C20H28N2O2S3/c1-14(2)15-7-5-6-8-16(15)21-18-22(12-20(3,4)13-27-18)19(25)26-11-17-23-9-10-24-17/h5-8,14,17H,9-13H2,1-4H3. The van der Waals surface area contributed by atoms with Gasteiger partial charge < -0.3 is 14.4 Å². The van der Waals surface area contributed by atoms with Crippen LogP contribution in [0.4, 0.5) is 5.69 Å². The molecule has 2 fully saturated rings. The van der Waals surface area contributed by atoms with Crippen molar-refractivity contribution in [2.24, 2.45) is 10.4 Å². The Bertz CT molecular complexity index is 700. The van der Waals surface area contributed by atoms with Crippen LogP contribution in [0.3, 0.4) is 0 Å². The van der Waals surface area contributed by atoms with E-state index in [4.69, 9.17) is 26.7 Å². The van der Waals surface area contributed by atoms with Gasteiger partial charge in [0.25, 0.3) is 0 Å². The van der Waals surface area contributed by atoms with Gasteiger partial charge in [0.15, 0.2) is 11.5 Å². The highest BCUT2D eigenvalue weighted by Gasteiger charge is 2.33. The number of aliphatic imine (C=N–C) groups is 1. The molecule has 4 nitrogen and oxygen atoms in total. The van der Waals surface area contributed by atoms with Crippen LogP contribution in [0.1, 0.15) is 39.2 Å². The first-order valence-corrected chi connectivity index (χ1v) is 11.7. The first kappa shape index (κ1) is 21.1. The SMILES string of the molecule is CC(C)c1ccccc1N=C1SCC(C)(C)CN1C(=S)SCC1OCCO1. The van der Waals surface area contributed by atoms with Crippen LogP contribution in [0, 0.1) is 5.41 Å². The monoisotopic (exact) mass is 424 g/mol. The molecule has 2 saturated heterocycles. The summed E-state index contributed by atoms with van der Waals surface area (Å²) in [6.07, 6.45) is -0.152. The third-order valence-corrected chi connectivity index (χ3v) is 7.41. The van der Waals surface area contributed by atoms with E-state index in [1.165, 1.54) is 5.56 Å². The molecule has 0 spiro atoms. The van der Waals surface area contributed by atoms with Gasteiger partial charge >= 0.3 is 0 Å². The second kappa shape index (κ2) is 9.27. The zero-order valence-corrected chi connectivity index (χ0v) is 18.9. The van der Waals surface area contributed by atoms with E-state index >= 15 is 0 Å². The van der Waals surface area contributed by atoms with Crippen LogP contribution < -0.4 is 0 Å². The maximum atomic E-state index is 5.77. The average Bonchev–Trinajstić information content (AvgIpc) is 3.15. The minimum Gasteiger partial charge on any atom is -0.349 e. The smallest absolute Gasteiger partial charge is 0.169 e. The van der Waals surface area contributed by atoms with E-state index in [0.717, 1.165) is 33.2 Å². The van der Waals surface area contributed by atoms with Crippen molar-refractivity contribution in [1.82, 2.24) is 4.90 Å². The zero-order valence-electron chi connectivity index (χ0n) is 16.4. The summed E-state index contributed by atoms with van der Waals surface area (Å²) < 4.78 is 11.9. The van der Waals surface area contributed by atoms with Gasteiger partial charge in [-0.25, -0.2) is 4.99 Å². The largest absolute Gasteiger partial charge is 0.349 e. The van der Waals surface area contributed by atoms with Gasteiger partial charge in [-0.3, -0.25) is 0 Å². The van der Waals surface area contributed by atoms with E-state index in [1.54, 1.807) is 23.5 Å². The molecule has 0 unspecified atom stereocenters. The molecule has 0 atom stereocenters.